The molecule has 0 radical (unpaired) electrons. The van der Waals surface area contributed by atoms with Crippen LogP contribution in [0.4, 0.5) is 0 Å². The first kappa shape index (κ1) is 18.7. The molecule has 0 aliphatic rings. The zero-order valence-corrected chi connectivity index (χ0v) is 14.7. The fourth-order valence-corrected chi connectivity index (χ4v) is 2.81. The van der Waals surface area contributed by atoms with E-state index >= 15 is 0 Å². The Hall–Kier alpha value is -2.65. The SMILES string of the molecule is CN(C)S(=O)(=O)c1ccc(C(=O)NCC(=O)NCc2ccco2)cc1. The van der Waals surface area contributed by atoms with Crippen LogP contribution < -0.4 is 10.6 Å². The summed E-state index contributed by atoms with van der Waals surface area (Å²) >= 11 is 0. The summed E-state index contributed by atoms with van der Waals surface area (Å²) in [6, 6.07) is 8.92. The number of hydrogen-bond donors (Lipinski definition) is 2. The van der Waals surface area contributed by atoms with E-state index in [1.54, 1.807) is 12.1 Å². The summed E-state index contributed by atoms with van der Waals surface area (Å²) in [5.41, 5.74) is 0.261. The second-order valence-corrected chi connectivity index (χ2v) is 7.50. The Morgan fingerprint density at radius 3 is 2.32 bits per heavy atom. The van der Waals surface area contributed by atoms with Crippen molar-refractivity contribution in [1.82, 2.24) is 14.9 Å². The third kappa shape index (κ3) is 4.91. The Kier molecular flexibility index (Phi) is 5.94. The minimum Gasteiger partial charge on any atom is -0.467 e. The first-order chi connectivity index (χ1) is 11.8. The summed E-state index contributed by atoms with van der Waals surface area (Å²) in [7, 11) is -0.690. The minimum absolute atomic E-state index is 0.0882. The molecule has 0 spiro atoms. The molecule has 0 saturated carbocycles. The van der Waals surface area contributed by atoms with Crippen molar-refractivity contribution in [1.29, 1.82) is 0 Å². The van der Waals surface area contributed by atoms with E-state index < -0.39 is 15.9 Å². The van der Waals surface area contributed by atoms with Crippen LogP contribution in [-0.4, -0.2) is 45.2 Å². The van der Waals surface area contributed by atoms with Crippen LogP contribution in [0.2, 0.25) is 0 Å². The van der Waals surface area contributed by atoms with Gasteiger partial charge < -0.3 is 15.1 Å². The number of benzene rings is 1. The maximum atomic E-state index is 12.0. The van der Waals surface area contributed by atoms with E-state index in [1.165, 1.54) is 44.6 Å². The van der Waals surface area contributed by atoms with E-state index in [-0.39, 0.29) is 29.5 Å². The summed E-state index contributed by atoms with van der Waals surface area (Å²) in [4.78, 5) is 23.8. The summed E-state index contributed by atoms with van der Waals surface area (Å²) in [6.07, 6.45) is 1.50. The van der Waals surface area contributed by atoms with Crippen LogP contribution in [0.3, 0.4) is 0 Å². The second kappa shape index (κ2) is 7.95. The third-order valence-corrected chi connectivity index (χ3v) is 5.17. The summed E-state index contributed by atoms with van der Waals surface area (Å²) in [6.45, 7) is 0.0378. The predicted molar refractivity (Wildman–Crippen MR) is 90.2 cm³/mol. The van der Waals surface area contributed by atoms with Gasteiger partial charge >= 0.3 is 0 Å². The van der Waals surface area contributed by atoms with Gasteiger partial charge in [0.25, 0.3) is 5.91 Å². The summed E-state index contributed by atoms with van der Waals surface area (Å²) in [5, 5.41) is 5.07. The van der Waals surface area contributed by atoms with Gasteiger partial charge in [-0.05, 0) is 36.4 Å². The Morgan fingerprint density at radius 1 is 1.08 bits per heavy atom. The van der Waals surface area contributed by atoms with Crippen molar-refractivity contribution in [3.05, 3.63) is 54.0 Å². The molecule has 0 aliphatic carbocycles. The van der Waals surface area contributed by atoms with E-state index in [1.807, 2.05) is 0 Å². The van der Waals surface area contributed by atoms with E-state index in [0.29, 0.717) is 5.76 Å². The van der Waals surface area contributed by atoms with E-state index in [9.17, 15) is 18.0 Å². The van der Waals surface area contributed by atoms with E-state index in [4.69, 9.17) is 4.42 Å². The van der Waals surface area contributed by atoms with Crippen LogP contribution >= 0.6 is 0 Å². The maximum Gasteiger partial charge on any atom is 0.251 e. The first-order valence-electron chi connectivity index (χ1n) is 7.40. The van der Waals surface area contributed by atoms with Gasteiger partial charge in [0, 0.05) is 19.7 Å². The predicted octanol–water partition coefficient (Wildman–Crippen LogP) is 0.576. The third-order valence-electron chi connectivity index (χ3n) is 3.34. The molecule has 8 nitrogen and oxygen atoms in total. The van der Waals surface area contributed by atoms with Crippen molar-refractivity contribution in [3.63, 3.8) is 0 Å². The average Bonchev–Trinajstić information content (AvgIpc) is 3.11. The first-order valence-corrected chi connectivity index (χ1v) is 8.84. The van der Waals surface area contributed by atoms with Gasteiger partial charge in [0.2, 0.25) is 15.9 Å². The molecule has 1 aromatic carbocycles. The highest BCUT2D eigenvalue weighted by Crippen LogP contribution is 2.13. The number of amides is 2. The highest BCUT2D eigenvalue weighted by Gasteiger charge is 2.17. The van der Waals surface area contributed by atoms with Crippen LogP contribution in [0.15, 0.2) is 52.0 Å². The molecule has 0 aliphatic heterocycles. The number of sulfonamides is 1. The molecule has 0 unspecified atom stereocenters. The highest BCUT2D eigenvalue weighted by molar-refractivity contribution is 7.89. The fraction of sp³-hybridized carbons (Fsp3) is 0.250. The molecular weight excluding hydrogens is 346 g/mol. The lowest BCUT2D eigenvalue weighted by atomic mass is 10.2. The van der Waals surface area contributed by atoms with Gasteiger partial charge in [-0.2, -0.15) is 0 Å². The van der Waals surface area contributed by atoms with Crippen LogP contribution in [0.25, 0.3) is 0 Å². The maximum absolute atomic E-state index is 12.0. The Balaban J connectivity index is 1.87. The lowest BCUT2D eigenvalue weighted by Crippen LogP contribution is -2.36. The lowest BCUT2D eigenvalue weighted by molar-refractivity contribution is -0.120. The lowest BCUT2D eigenvalue weighted by Gasteiger charge is -2.11. The molecule has 2 aromatic rings. The number of nitrogens with zero attached hydrogens (tertiary/aromatic N) is 1. The van der Waals surface area contributed by atoms with Gasteiger partial charge in [-0.15, -0.1) is 0 Å². The monoisotopic (exact) mass is 365 g/mol. The van der Waals surface area contributed by atoms with Crippen LogP contribution in [0.5, 0.6) is 0 Å². The zero-order valence-electron chi connectivity index (χ0n) is 13.9. The van der Waals surface area contributed by atoms with Gasteiger partial charge in [-0.25, -0.2) is 12.7 Å². The van der Waals surface area contributed by atoms with Crippen molar-refractivity contribution in [2.45, 2.75) is 11.4 Å². The minimum atomic E-state index is -3.55. The van der Waals surface area contributed by atoms with Crippen molar-refractivity contribution in [2.75, 3.05) is 20.6 Å². The molecule has 2 N–H and O–H groups in total. The van der Waals surface area contributed by atoms with Crippen LogP contribution in [0, 0.1) is 0 Å². The average molecular weight is 365 g/mol. The van der Waals surface area contributed by atoms with Gasteiger partial charge in [0.05, 0.1) is 24.2 Å². The Bertz CT molecular complexity index is 827. The number of carbonyl (C=O) groups excluding carboxylic acids is 2. The molecule has 0 fully saturated rings. The number of hydrogen-bond acceptors (Lipinski definition) is 5. The molecule has 2 amide bonds. The quantitative estimate of drug-likeness (QED) is 0.746. The molecule has 0 saturated heterocycles. The molecular formula is C16H19N3O5S. The van der Waals surface area contributed by atoms with Crippen LogP contribution in [0.1, 0.15) is 16.1 Å². The molecule has 25 heavy (non-hydrogen) atoms. The molecule has 0 atom stereocenters. The number of furan rings is 1. The molecule has 1 heterocycles. The molecule has 9 heteroatoms. The van der Waals surface area contributed by atoms with Crippen molar-refractivity contribution in [3.8, 4) is 0 Å². The highest BCUT2D eigenvalue weighted by atomic mass is 32.2. The summed E-state index contributed by atoms with van der Waals surface area (Å²) < 4.78 is 30.1. The Morgan fingerprint density at radius 2 is 1.76 bits per heavy atom. The number of rotatable bonds is 7. The van der Waals surface area contributed by atoms with Gasteiger partial charge in [0.1, 0.15) is 5.76 Å². The number of nitrogens with one attached hydrogen (secondary N) is 2. The van der Waals surface area contributed by atoms with Gasteiger partial charge in [0.15, 0.2) is 0 Å². The summed E-state index contributed by atoms with van der Waals surface area (Å²) in [5.74, 6) is -0.226. The van der Waals surface area contributed by atoms with Crippen molar-refractivity contribution < 1.29 is 22.4 Å². The van der Waals surface area contributed by atoms with E-state index in [0.717, 1.165) is 4.31 Å². The van der Waals surface area contributed by atoms with E-state index in [2.05, 4.69) is 10.6 Å². The fourth-order valence-electron chi connectivity index (χ4n) is 1.91. The Labute approximate surface area is 145 Å². The second-order valence-electron chi connectivity index (χ2n) is 5.35. The number of carbonyl (C=O) groups is 2. The normalized spacial score (nSPS) is 11.3. The van der Waals surface area contributed by atoms with Crippen molar-refractivity contribution >= 4 is 21.8 Å². The topological polar surface area (TPSA) is 109 Å². The van der Waals surface area contributed by atoms with Gasteiger partial charge in [-0.1, -0.05) is 0 Å². The zero-order chi connectivity index (χ0) is 18.4. The molecule has 2 rings (SSSR count). The van der Waals surface area contributed by atoms with Gasteiger partial charge in [-0.3, -0.25) is 9.59 Å². The van der Waals surface area contributed by atoms with Crippen molar-refractivity contribution in [2.24, 2.45) is 0 Å². The van der Waals surface area contributed by atoms with Crippen LogP contribution in [-0.2, 0) is 21.4 Å². The standard InChI is InChI=1S/C16H19N3O5S/c1-19(2)25(22,23)14-7-5-12(6-8-14)16(21)18-11-15(20)17-10-13-4-3-9-24-13/h3-9H,10-11H2,1-2H3,(H,17,20)(H,18,21). The molecule has 134 valence electrons. The molecule has 1 aromatic heterocycles. The smallest absolute Gasteiger partial charge is 0.251 e. The molecule has 0 bridgehead atoms. The largest absolute Gasteiger partial charge is 0.467 e.